The van der Waals surface area contributed by atoms with Crippen LogP contribution in [0.4, 0.5) is 0 Å². The Kier molecular flexibility index (Phi) is 5.01. The van der Waals surface area contributed by atoms with E-state index in [4.69, 9.17) is 7.85 Å². The van der Waals surface area contributed by atoms with E-state index in [1.54, 1.807) is 0 Å². The third kappa shape index (κ3) is 3.16. The molecule has 2 fully saturated rings. The third-order valence-corrected chi connectivity index (χ3v) is 5.00. The molecule has 0 aromatic heterocycles. The summed E-state index contributed by atoms with van der Waals surface area (Å²) < 4.78 is 0. The molecule has 16 heavy (non-hydrogen) atoms. The molecule has 0 saturated carbocycles. The summed E-state index contributed by atoms with van der Waals surface area (Å²) in [5.41, 5.74) is 0. The van der Waals surface area contributed by atoms with Crippen LogP contribution in [0.2, 0.25) is 6.32 Å². The lowest BCUT2D eigenvalue weighted by Gasteiger charge is -2.17. The Bertz CT molecular complexity index is 220. The molecule has 2 radical (unpaired) electrons. The first kappa shape index (κ1) is 12.7. The lowest BCUT2D eigenvalue weighted by molar-refractivity contribution is 0.130. The summed E-state index contributed by atoms with van der Waals surface area (Å²) in [6, 6.07) is 0.934. The van der Waals surface area contributed by atoms with Gasteiger partial charge in [-0.2, -0.15) is 11.8 Å². The predicted octanol–water partition coefficient (Wildman–Crippen LogP) is 0.845. The molecule has 5 heteroatoms. The lowest BCUT2D eigenvalue weighted by atomic mass is 9.97. The first-order valence-electron chi connectivity index (χ1n) is 6.33. The van der Waals surface area contributed by atoms with Crippen LogP contribution in [0.3, 0.4) is 0 Å². The Morgan fingerprint density at radius 2 is 2.00 bits per heavy atom. The van der Waals surface area contributed by atoms with Crippen molar-refractivity contribution in [1.82, 2.24) is 10.6 Å². The van der Waals surface area contributed by atoms with E-state index in [0.717, 1.165) is 18.5 Å². The van der Waals surface area contributed by atoms with Crippen LogP contribution in [0.25, 0.3) is 0 Å². The molecule has 0 aliphatic carbocycles. The van der Waals surface area contributed by atoms with Gasteiger partial charge in [0.1, 0.15) is 0 Å². The number of rotatable bonds is 6. The maximum atomic E-state index is 9.45. The van der Waals surface area contributed by atoms with Crippen LogP contribution in [0, 0.1) is 0 Å². The topological polar surface area (TPSA) is 44.3 Å². The Morgan fingerprint density at radius 3 is 2.81 bits per heavy atom. The highest BCUT2D eigenvalue weighted by Gasteiger charge is 2.42. The van der Waals surface area contributed by atoms with E-state index < -0.39 is 6.35 Å². The van der Waals surface area contributed by atoms with E-state index in [-0.39, 0.29) is 0 Å². The van der Waals surface area contributed by atoms with E-state index in [0.29, 0.717) is 17.3 Å². The molecule has 2 rings (SSSR count). The molecule has 2 heterocycles. The monoisotopic (exact) mass is 240 g/mol. The molecule has 3 N–H and O–H groups in total. The molecule has 2 aliphatic rings. The second-order valence-corrected chi connectivity index (χ2v) is 6.00. The largest absolute Gasteiger partial charge is 0.365 e. The van der Waals surface area contributed by atoms with Gasteiger partial charge in [-0.1, -0.05) is 32.0 Å². The van der Waals surface area contributed by atoms with Crippen LogP contribution in [-0.2, 0) is 0 Å². The Balaban J connectivity index is 1.63. The van der Waals surface area contributed by atoms with Gasteiger partial charge >= 0.3 is 0 Å². The molecule has 0 amide bonds. The van der Waals surface area contributed by atoms with Gasteiger partial charge in [-0.15, -0.1) is 0 Å². The van der Waals surface area contributed by atoms with Crippen LogP contribution >= 0.6 is 11.8 Å². The quantitative estimate of drug-likeness (QED) is 0.475. The summed E-state index contributed by atoms with van der Waals surface area (Å²) in [5.74, 6) is 1.13. The van der Waals surface area contributed by atoms with Crippen LogP contribution in [0.15, 0.2) is 0 Å². The molecule has 0 aromatic rings. The minimum atomic E-state index is -0.490. The first-order valence-corrected chi connectivity index (χ1v) is 7.38. The lowest BCUT2D eigenvalue weighted by Crippen LogP contribution is -2.37. The summed E-state index contributed by atoms with van der Waals surface area (Å²) >= 11 is 2.04. The molecule has 0 bridgehead atoms. The van der Waals surface area contributed by atoms with Crippen molar-refractivity contribution in [3.63, 3.8) is 0 Å². The maximum Gasteiger partial charge on any atom is 0.161 e. The standard InChI is InChI=1S/C11H21BN2OS/c12-6-4-2-1-3-5-9-10-8(7-16-9)13-11(15)14-10/h8-11,13-15H,1-7H2. The molecular formula is C11H21BN2OS. The van der Waals surface area contributed by atoms with Crippen molar-refractivity contribution < 1.29 is 5.11 Å². The van der Waals surface area contributed by atoms with Crippen molar-refractivity contribution in [2.24, 2.45) is 0 Å². The zero-order chi connectivity index (χ0) is 11.4. The molecule has 4 unspecified atom stereocenters. The van der Waals surface area contributed by atoms with Crippen molar-refractivity contribution in [3.8, 4) is 0 Å². The van der Waals surface area contributed by atoms with Crippen molar-refractivity contribution in [2.45, 2.75) is 62.1 Å². The Labute approximate surface area is 104 Å². The highest BCUT2D eigenvalue weighted by Crippen LogP contribution is 2.33. The number of fused-ring (bicyclic) bond motifs is 1. The predicted molar refractivity (Wildman–Crippen MR) is 69.7 cm³/mol. The zero-order valence-electron chi connectivity index (χ0n) is 9.69. The molecular weight excluding hydrogens is 219 g/mol. The molecule has 2 saturated heterocycles. The van der Waals surface area contributed by atoms with Crippen molar-refractivity contribution in [2.75, 3.05) is 5.75 Å². The van der Waals surface area contributed by atoms with Gasteiger partial charge in [0.05, 0.1) is 7.85 Å². The molecule has 0 spiro atoms. The fourth-order valence-corrected chi connectivity index (χ4v) is 4.18. The minimum Gasteiger partial charge on any atom is -0.365 e. The van der Waals surface area contributed by atoms with Crippen molar-refractivity contribution in [3.05, 3.63) is 0 Å². The first-order chi connectivity index (χ1) is 7.81. The molecule has 0 aromatic carbocycles. The zero-order valence-corrected chi connectivity index (χ0v) is 10.5. The normalized spacial score (nSPS) is 37.8. The van der Waals surface area contributed by atoms with E-state index in [1.807, 2.05) is 11.8 Å². The fourth-order valence-electron chi connectivity index (χ4n) is 2.61. The number of hydrogen-bond donors (Lipinski definition) is 3. The smallest absolute Gasteiger partial charge is 0.161 e. The molecule has 2 aliphatic heterocycles. The molecule has 3 nitrogen and oxygen atoms in total. The van der Waals surface area contributed by atoms with Crippen molar-refractivity contribution >= 4 is 19.6 Å². The van der Waals surface area contributed by atoms with Crippen LogP contribution in [0.1, 0.15) is 32.1 Å². The average molecular weight is 240 g/mol. The van der Waals surface area contributed by atoms with Gasteiger partial charge in [-0.3, -0.25) is 10.6 Å². The van der Waals surface area contributed by atoms with Crippen LogP contribution in [-0.4, -0.2) is 42.4 Å². The summed E-state index contributed by atoms with van der Waals surface area (Å²) in [4.78, 5) is 0. The highest BCUT2D eigenvalue weighted by molar-refractivity contribution is 8.00. The molecule has 90 valence electrons. The number of unbranched alkanes of at least 4 members (excludes halogenated alkanes) is 3. The van der Waals surface area contributed by atoms with Gasteiger partial charge in [0.2, 0.25) is 0 Å². The number of thioether (sulfide) groups is 1. The number of aliphatic hydroxyl groups excluding tert-OH is 1. The summed E-state index contributed by atoms with van der Waals surface area (Å²) in [7, 11) is 5.47. The van der Waals surface area contributed by atoms with Gasteiger partial charge < -0.3 is 5.11 Å². The number of hydrogen-bond acceptors (Lipinski definition) is 4. The van der Waals surface area contributed by atoms with Crippen LogP contribution < -0.4 is 10.6 Å². The van der Waals surface area contributed by atoms with E-state index in [1.165, 1.54) is 25.7 Å². The third-order valence-electron chi connectivity index (χ3n) is 3.49. The maximum absolute atomic E-state index is 9.45. The van der Waals surface area contributed by atoms with Gasteiger partial charge in [-0.25, -0.2) is 0 Å². The summed E-state index contributed by atoms with van der Waals surface area (Å²) in [6.07, 6.45) is 6.59. The average Bonchev–Trinajstić information content (AvgIpc) is 2.78. The number of aliphatic hydroxyl groups is 1. The SMILES string of the molecule is [B]CCCCCCC1SCC2NC(O)NC21. The molecule has 4 atom stereocenters. The second kappa shape index (κ2) is 6.29. The van der Waals surface area contributed by atoms with Crippen LogP contribution in [0.5, 0.6) is 0 Å². The van der Waals surface area contributed by atoms with Gasteiger partial charge in [-0.05, 0) is 6.42 Å². The highest BCUT2D eigenvalue weighted by atomic mass is 32.2. The Hall–Kier alpha value is 0.295. The Morgan fingerprint density at radius 1 is 1.19 bits per heavy atom. The summed E-state index contributed by atoms with van der Waals surface area (Å²) in [5, 5.41) is 16.5. The van der Waals surface area contributed by atoms with Gasteiger partial charge in [0.15, 0.2) is 6.35 Å². The van der Waals surface area contributed by atoms with E-state index in [9.17, 15) is 5.11 Å². The van der Waals surface area contributed by atoms with E-state index in [2.05, 4.69) is 10.6 Å². The van der Waals surface area contributed by atoms with Gasteiger partial charge in [0.25, 0.3) is 0 Å². The van der Waals surface area contributed by atoms with Gasteiger partial charge in [0, 0.05) is 23.1 Å². The minimum absolute atomic E-state index is 0.467. The number of nitrogens with one attached hydrogen (secondary N) is 2. The van der Waals surface area contributed by atoms with E-state index >= 15 is 0 Å². The fraction of sp³-hybridized carbons (Fsp3) is 1.00. The van der Waals surface area contributed by atoms with Crippen molar-refractivity contribution in [1.29, 1.82) is 0 Å². The second-order valence-electron chi connectivity index (χ2n) is 4.73. The summed E-state index contributed by atoms with van der Waals surface area (Å²) in [6.45, 7) is 0.